The molecule has 1 saturated heterocycles. The number of benzene rings is 1. The van der Waals surface area contributed by atoms with Gasteiger partial charge in [-0.25, -0.2) is 0 Å². The molecule has 0 bridgehead atoms. The standard InChI is InChI=1S/C14H16N2O2/c15-10-11-1-2-12-3-5-16(13(12)9-11)6-4-14-17-7-8-18-14/h1-2,9,14H,3-8H2. The summed E-state index contributed by atoms with van der Waals surface area (Å²) in [5, 5.41) is 8.95. The van der Waals surface area contributed by atoms with Crippen LogP contribution < -0.4 is 4.90 Å². The van der Waals surface area contributed by atoms with Gasteiger partial charge in [0.2, 0.25) is 0 Å². The molecule has 0 amide bonds. The first-order chi connectivity index (χ1) is 8.86. The molecule has 0 aromatic heterocycles. The Balaban J connectivity index is 1.67. The molecule has 4 nitrogen and oxygen atoms in total. The summed E-state index contributed by atoms with van der Waals surface area (Å²) in [5.74, 6) is 0. The number of anilines is 1. The Morgan fingerprint density at radius 3 is 2.94 bits per heavy atom. The molecule has 0 saturated carbocycles. The average Bonchev–Trinajstić information content (AvgIpc) is 3.05. The fraction of sp³-hybridized carbons (Fsp3) is 0.500. The minimum Gasteiger partial charge on any atom is -0.371 e. The van der Waals surface area contributed by atoms with E-state index in [2.05, 4.69) is 17.0 Å². The minimum absolute atomic E-state index is 0.0480. The fourth-order valence-electron chi connectivity index (χ4n) is 2.58. The molecular weight excluding hydrogens is 228 g/mol. The van der Waals surface area contributed by atoms with Crippen molar-refractivity contribution in [3.63, 3.8) is 0 Å². The Morgan fingerprint density at radius 1 is 1.33 bits per heavy atom. The predicted molar refractivity (Wildman–Crippen MR) is 67.4 cm³/mol. The molecule has 1 aromatic carbocycles. The van der Waals surface area contributed by atoms with Crippen LogP contribution in [0.25, 0.3) is 0 Å². The highest BCUT2D eigenvalue weighted by molar-refractivity contribution is 5.61. The third-order valence-electron chi connectivity index (χ3n) is 3.53. The molecule has 2 aliphatic rings. The van der Waals surface area contributed by atoms with Crippen LogP contribution >= 0.6 is 0 Å². The zero-order valence-electron chi connectivity index (χ0n) is 10.3. The number of hydrogen-bond acceptors (Lipinski definition) is 4. The van der Waals surface area contributed by atoms with Crippen LogP contribution in [0.1, 0.15) is 17.5 Å². The van der Waals surface area contributed by atoms with E-state index in [1.54, 1.807) is 0 Å². The highest BCUT2D eigenvalue weighted by Gasteiger charge is 2.22. The lowest BCUT2D eigenvalue weighted by Gasteiger charge is -2.21. The number of nitriles is 1. The van der Waals surface area contributed by atoms with Crippen molar-refractivity contribution >= 4 is 5.69 Å². The maximum atomic E-state index is 8.95. The largest absolute Gasteiger partial charge is 0.371 e. The van der Waals surface area contributed by atoms with Gasteiger partial charge >= 0.3 is 0 Å². The van der Waals surface area contributed by atoms with E-state index in [9.17, 15) is 0 Å². The van der Waals surface area contributed by atoms with Gasteiger partial charge in [-0.15, -0.1) is 0 Å². The summed E-state index contributed by atoms with van der Waals surface area (Å²) in [6.45, 7) is 3.36. The van der Waals surface area contributed by atoms with Gasteiger partial charge in [0.25, 0.3) is 0 Å². The lowest BCUT2D eigenvalue weighted by molar-refractivity contribution is -0.0448. The maximum absolute atomic E-state index is 8.95. The van der Waals surface area contributed by atoms with Crippen LogP contribution in [-0.2, 0) is 15.9 Å². The van der Waals surface area contributed by atoms with Crippen LogP contribution in [-0.4, -0.2) is 32.6 Å². The van der Waals surface area contributed by atoms with Gasteiger partial charge in [-0.2, -0.15) is 5.26 Å². The molecule has 0 atom stereocenters. The summed E-state index contributed by atoms with van der Waals surface area (Å²) >= 11 is 0. The van der Waals surface area contributed by atoms with E-state index in [0.717, 1.165) is 31.5 Å². The molecule has 18 heavy (non-hydrogen) atoms. The Morgan fingerprint density at radius 2 is 2.17 bits per heavy atom. The summed E-state index contributed by atoms with van der Waals surface area (Å²) in [6, 6.07) is 8.14. The first-order valence-electron chi connectivity index (χ1n) is 6.38. The van der Waals surface area contributed by atoms with Crippen LogP contribution in [0.4, 0.5) is 5.69 Å². The number of ether oxygens (including phenoxy) is 2. The van der Waals surface area contributed by atoms with E-state index in [-0.39, 0.29) is 6.29 Å². The van der Waals surface area contributed by atoms with E-state index in [1.807, 2.05) is 12.1 Å². The van der Waals surface area contributed by atoms with Gasteiger partial charge in [-0.1, -0.05) is 6.07 Å². The van der Waals surface area contributed by atoms with E-state index >= 15 is 0 Å². The topological polar surface area (TPSA) is 45.5 Å². The van der Waals surface area contributed by atoms with Gasteiger partial charge in [0.15, 0.2) is 6.29 Å². The molecule has 2 aliphatic heterocycles. The molecule has 0 aliphatic carbocycles. The SMILES string of the molecule is N#Cc1ccc2c(c1)N(CCC1OCCO1)CC2. The van der Waals surface area contributed by atoms with E-state index in [4.69, 9.17) is 14.7 Å². The van der Waals surface area contributed by atoms with Crippen molar-refractivity contribution in [3.8, 4) is 6.07 Å². The fourth-order valence-corrected chi connectivity index (χ4v) is 2.58. The molecule has 1 aromatic rings. The molecule has 4 heteroatoms. The number of rotatable bonds is 3. The highest BCUT2D eigenvalue weighted by atomic mass is 16.7. The monoisotopic (exact) mass is 244 g/mol. The van der Waals surface area contributed by atoms with Gasteiger partial charge in [0, 0.05) is 25.2 Å². The normalized spacial score (nSPS) is 18.9. The third-order valence-corrected chi connectivity index (χ3v) is 3.53. The Hall–Kier alpha value is -1.57. The lowest BCUT2D eigenvalue weighted by atomic mass is 10.1. The highest BCUT2D eigenvalue weighted by Crippen LogP contribution is 2.29. The zero-order valence-corrected chi connectivity index (χ0v) is 10.3. The third kappa shape index (κ3) is 2.20. The Kier molecular flexibility index (Phi) is 3.18. The lowest BCUT2D eigenvalue weighted by Crippen LogP contribution is -2.25. The number of fused-ring (bicyclic) bond motifs is 1. The maximum Gasteiger partial charge on any atom is 0.159 e. The number of nitrogens with zero attached hydrogens (tertiary/aromatic N) is 2. The summed E-state index contributed by atoms with van der Waals surface area (Å²) in [4.78, 5) is 2.32. The second-order valence-corrected chi connectivity index (χ2v) is 4.65. The summed E-state index contributed by atoms with van der Waals surface area (Å²) in [5.41, 5.74) is 3.27. The van der Waals surface area contributed by atoms with Crippen LogP contribution in [0.5, 0.6) is 0 Å². The molecule has 94 valence electrons. The van der Waals surface area contributed by atoms with Crippen molar-refractivity contribution in [2.75, 3.05) is 31.2 Å². The van der Waals surface area contributed by atoms with Crippen molar-refractivity contribution in [2.24, 2.45) is 0 Å². The minimum atomic E-state index is -0.0480. The van der Waals surface area contributed by atoms with E-state index in [0.29, 0.717) is 13.2 Å². The van der Waals surface area contributed by atoms with Crippen molar-refractivity contribution in [1.29, 1.82) is 5.26 Å². The molecule has 3 rings (SSSR count). The summed E-state index contributed by atoms with van der Waals surface area (Å²) < 4.78 is 10.9. The molecule has 0 spiro atoms. The molecule has 1 fully saturated rings. The molecule has 0 N–H and O–H groups in total. The zero-order chi connectivity index (χ0) is 12.4. The van der Waals surface area contributed by atoms with Gasteiger partial charge < -0.3 is 14.4 Å². The first kappa shape index (κ1) is 11.5. The number of hydrogen-bond donors (Lipinski definition) is 0. The van der Waals surface area contributed by atoms with Crippen LogP contribution in [0.15, 0.2) is 18.2 Å². The summed E-state index contributed by atoms with van der Waals surface area (Å²) in [6.07, 6.45) is 1.90. The predicted octanol–water partition coefficient (Wildman–Crippen LogP) is 1.68. The van der Waals surface area contributed by atoms with E-state index < -0.39 is 0 Å². The molecule has 2 heterocycles. The van der Waals surface area contributed by atoms with Crippen LogP contribution in [0.2, 0.25) is 0 Å². The van der Waals surface area contributed by atoms with Gasteiger partial charge in [0.1, 0.15) is 0 Å². The van der Waals surface area contributed by atoms with Gasteiger partial charge in [0.05, 0.1) is 24.8 Å². The summed E-state index contributed by atoms with van der Waals surface area (Å²) in [7, 11) is 0. The van der Waals surface area contributed by atoms with Crippen molar-refractivity contribution < 1.29 is 9.47 Å². The van der Waals surface area contributed by atoms with E-state index in [1.165, 1.54) is 11.3 Å². The van der Waals surface area contributed by atoms with Crippen LogP contribution in [0.3, 0.4) is 0 Å². The van der Waals surface area contributed by atoms with Crippen LogP contribution in [0, 0.1) is 11.3 Å². The first-order valence-corrected chi connectivity index (χ1v) is 6.38. The van der Waals surface area contributed by atoms with Gasteiger partial charge in [-0.3, -0.25) is 0 Å². The molecular formula is C14H16N2O2. The van der Waals surface area contributed by atoms with Gasteiger partial charge in [-0.05, 0) is 24.1 Å². The second-order valence-electron chi connectivity index (χ2n) is 4.65. The average molecular weight is 244 g/mol. The quantitative estimate of drug-likeness (QED) is 0.811. The molecule has 0 radical (unpaired) electrons. The van der Waals surface area contributed by atoms with Crippen molar-refractivity contribution in [1.82, 2.24) is 0 Å². The van der Waals surface area contributed by atoms with Crippen molar-refractivity contribution in [2.45, 2.75) is 19.1 Å². The second kappa shape index (κ2) is 4.97. The smallest absolute Gasteiger partial charge is 0.159 e. The molecule has 0 unspecified atom stereocenters. The Labute approximate surface area is 107 Å². The Bertz CT molecular complexity index is 475. The van der Waals surface area contributed by atoms with Crippen molar-refractivity contribution in [3.05, 3.63) is 29.3 Å².